The number of nitrogens with two attached hydrogens (primary N) is 1. The summed E-state index contributed by atoms with van der Waals surface area (Å²) in [6.45, 7) is 0. The van der Waals surface area contributed by atoms with Gasteiger partial charge in [0, 0.05) is 13.3 Å². The van der Waals surface area contributed by atoms with Crippen molar-refractivity contribution in [3.63, 3.8) is 0 Å². The number of nitrogens with zero attached hydrogens (tertiary/aromatic N) is 2. The highest BCUT2D eigenvalue weighted by Crippen LogP contribution is 1.96. The van der Waals surface area contributed by atoms with Gasteiger partial charge in [0.1, 0.15) is 18.6 Å². The van der Waals surface area contributed by atoms with Crippen molar-refractivity contribution in [1.82, 2.24) is 0 Å². The van der Waals surface area contributed by atoms with Gasteiger partial charge >= 0.3 is 0 Å². The lowest BCUT2D eigenvalue weighted by Crippen LogP contribution is -2.37. The van der Waals surface area contributed by atoms with Gasteiger partial charge in [0.15, 0.2) is 0 Å². The van der Waals surface area contributed by atoms with Gasteiger partial charge in [-0.15, -0.1) is 0 Å². The van der Waals surface area contributed by atoms with Crippen LogP contribution in [0.1, 0.15) is 0 Å². The molecular formula is C5H9N3O. The molecular weight excluding hydrogens is 118 g/mol. The Morgan fingerprint density at radius 1 is 1.67 bits per heavy atom. The van der Waals surface area contributed by atoms with Gasteiger partial charge in [-0.2, -0.15) is 0 Å². The molecule has 2 N–H and O–H groups in total. The molecule has 0 bridgehead atoms. The highest BCUT2D eigenvalue weighted by Gasteiger charge is 2.14. The van der Waals surface area contributed by atoms with E-state index in [4.69, 9.17) is 10.5 Å². The van der Waals surface area contributed by atoms with E-state index in [1.807, 2.05) is 0 Å². The van der Waals surface area contributed by atoms with Crippen LogP contribution in [-0.2, 0) is 4.74 Å². The van der Waals surface area contributed by atoms with E-state index in [-0.39, 0.29) is 12.3 Å². The second-order valence-electron chi connectivity index (χ2n) is 1.75. The van der Waals surface area contributed by atoms with Gasteiger partial charge in [-0.25, -0.2) is 4.99 Å². The Hall–Kier alpha value is -0.740. The molecule has 0 aromatic heterocycles. The molecule has 0 saturated heterocycles. The van der Waals surface area contributed by atoms with Gasteiger partial charge in [0.05, 0.1) is 0 Å². The highest BCUT2D eigenvalue weighted by atomic mass is 16.5. The zero-order chi connectivity index (χ0) is 6.69. The third-order valence-electron chi connectivity index (χ3n) is 1.15. The van der Waals surface area contributed by atoms with Crippen LogP contribution in [-0.4, -0.2) is 31.9 Å². The number of methoxy groups -OCH3 is 1. The average Bonchev–Trinajstić information content (AvgIpc) is 1.89. The summed E-state index contributed by atoms with van der Waals surface area (Å²) in [6.07, 6.45) is 2.63. The number of aliphatic imine (C=N–C) groups is 2. The maximum Gasteiger partial charge on any atom is 0.130 e. The fourth-order valence-corrected chi connectivity index (χ4v) is 0.612. The van der Waals surface area contributed by atoms with Crippen molar-refractivity contribution in [1.29, 1.82) is 0 Å². The summed E-state index contributed by atoms with van der Waals surface area (Å²) in [6, 6.07) is 0. The van der Waals surface area contributed by atoms with Gasteiger partial charge in [0.2, 0.25) is 0 Å². The molecule has 4 nitrogen and oxygen atoms in total. The Bertz CT molecular complexity index is 143. The van der Waals surface area contributed by atoms with Crippen LogP contribution in [0.5, 0.6) is 0 Å². The van der Waals surface area contributed by atoms with Crippen molar-refractivity contribution in [2.24, 2.45) is 15.7 Å². The second-order valence-corrected chi connectivity index (χ2v) is 1.75. The molecule has 2 unspecified atom stereocenters. The van der Waals surface area contributed by atoms with Crippen LogP contribution < -0.4 is 5.73 Å². The summed E-state index contributed by atoms with van der Waals surface area (Å²) >= 11 is 0. The first-order valence-corrected chi connectivity index (χ1v) is 2.68. The zero-order valence-electron chi connectivity index (χ0n) is 5.19. The lowest BCUT2D eigenvalue weighted by Gasteiger charge is -2.15. The Morgan fingerprint density at radius 2 is 2.44 bits per heavy atom. The van der Waals surface area contributed by atoms with Crippen LogP contribution in [0, 0.1) is 0 Å². The van der Waals surface area contributed by atoms with Crippen molar-refractivity contribution in [2.75, 3.05) is 7.11 Å². The first-order chi connectivity index (χ1) is 4.34. The third kappa shape index (κ3) is 1.34. The smallest absolute Gasteiger partial charge is 0.130 e. The quantitative estimate of drug-likeness (QED) is 0.511. The van der Waals surface area contributed by atoms with Gasteiger partial charge in [-0.05, 0) is 0 Å². The molecule has 50 valence electrons. The number of hydrogen-bond acceptors (Lipinski definition) is 4. The molecule has 0 spiro atoms. The van der Waals surface area contributed by atoms with Crippen LogP contribution in [0.4, 0.5) is 0 Å². The Labute approximate surface area is 53.4 Å². The first-order valence-electron chi connectivity index (χ1n) is 2.68. The maximum atomic E-state index is 5.48. The Kier molecular flexibility index (Phi) is 1.92. The van der Waals surface area contributed by atoms with Crippen LogP contribution in [0.3, 0.4) is 0 Å². The van der Waals surface area contributed by atoms with Crippen molar-refractivity contribution in [3.8, 4) is 0 Å². The van der Waals surface area contributed by atoms with Gasteiger partial charge in [0.25, 0.3) is 0 Å². The van der Waals surface area contributed by atoms with E-state index >= 15 is 0 Å². The summed E-state index contributed by atoms with van der Waals surface area (Å²) in [4.78, 5) is 7.57. The zero-order valence-corrected chi connectivity index (χ0v) is 5.19. The van der Waals surface area contributed by atoms with Gasteiger partial charge in [-0.1, -0.05) is 0 Å². The predicted octanol–water partition coefficient (Wildman–Crippen LogP) is -0.601. The molecule has 0 fully saturated rings. The maximum absolute atomic E-state index is 5.48. The lowest BCUT2D eigenvalue weighted by molar-refractivity contribution is 0.138. The molecule has 0 amide bonds. The molecule has 0 aromatic rings. The van der Waals surface area contributed by atoms with Gasteiger partial charge < -0.3 is 10.5 Å². The van der Waals surface area contributed by atoms with Crippen molar-refractivity contribution in [2.45, 2.75) is 12.3 Å². The Balaban J connectivity index is 2.55. The fraction of sp³-hybridized carbons (Fsp3) is 0.600. The van der Waals surface area contributed by atoms with Crippen molar-refractivity contribution < 1.29 is 4.74 Å². The normalized spacial score (nSPS) is 33.1. The summed E-state index contributed by atoms with van der Waals surface area (Å²) < 4.78 is 4.92. The average molecular weight is 127 g/mol. The minimum atomic E-state index is -0.285. The van der Waals surface area contributed by atoms with E-state index in [1.54, 1.807) is 13.3 Å². The van der Waals surface area contributed by atoms with Crippen LogP contribution >= 0.6 is 0 Å². The molecule has 1 aliphatic heterocycles. The summed E-state index contributed by atoms with van der Waals surface area (Å²) in [5, 5.41) is 0. The fourth-order valence-electron chi connectivity index (χ4n) is 0.612. The molecule has 4 heteroatoms. The van der Waals surface area contributed by atoms with Crippen LogP contribution in [0.25, 0.3) is 0 Å². The van der Waals surface area contributed by atoms with E-state index in [0.717, 1.165) is 0 Å². The van der Waals surface area contributed by atoms with Gasteiger partial charge in [-0.3, -0.25) is 4.99 Å². The van der Waals surface area contributed by atoms with Crippen molar-refractivity contribution in [3.05, 3.63) is 0 Å². The topological polar surface area (TPSA) is 60.0 Å². The SMILES string of the molecule is COC1C=NC=NC1N. The molecule has 1 aliphatic rings. The minimum absolute atomic E-state index is 0.157. The van der Waals surface area contributed by atoms with Crippen LogP contribution in [0.15, 0.2) is 9.98 Å². The number of ether oxygens (including phenoxy) is 1. The predicted molar refractivity (Wildman–Crippen MR) is 35.8 cm³/mol. The van der Waals surface area contributed by atoms with Crippen LogP contribution in [0.2, 0.25) is 0 Å². The van der Waals surface area contributed by atoms with E-state index in [1.165, 1.54) is 6.34 Å². The number of rotatable bonds is 1. The largest absolute Gasteiger partial charge is 0.372 e. The Morgan fingerprint density at radius 3 is 2.89 bits per heavy atom. The molecule has 0 saturated carbocycles. The lowest BCUT2D eigenvalue weighted by atomic mass is 10.3. The molecule has 1 rings (SSSR count). The third-order valence-corrected chi connectivity index (χ3v) is 1.15. The molecule has 1 heterocycles. The summed E-state index contributed by atoms with van der Waals surface area (Å²) in [5.74, 6) is 0. The second kappa shape index (κ2) is 2.70. The molecule has 0 radical (unpaired) electrons. The molecule has 9 heavy (non-hydrogen) atoms. The monoisotopic (exact) mass is 127 g/mol. The highest BCUT2D eigenvalue weighted by molar-refractivity contribution is 5.78. The van der Waals surface area contributed by atoms with E-state index < -0.39 is 0 Å². The summed E-state index contributed by atoms with van der Waals surface area (Å²) in [7, 11) is 1.58. The molecule has 2 atom stereocenters. The molecule has 0 aromatic carbocycles. The number of hydrogen-bond donors (Lipinski definition) is 1. The van der Waals surface area contributed by atoms with E-state index in [9.17, 15) is 0 Å². The standard InChI is InChI=1S/C5H9N3O/c1-9-4-2-7-3-8-5(4)6/h2-5H,6H2,1H3. The van der Waals surface area contributed by atoms with E-state index in [2.05, 4.69) is 9.98 Å². The van der Waals surface area contributed by atoms with Crippen molar-refractivity contribution >= 4 is 12.6 Å². The molecule has 0 aliphatic carbocycles. The van der Waals surface area contributed by atoms with E-state index in [0.29, 0.717) is 0 Å². The summed E-state index contributed by atoms with van der Waals surface area (Å²) in [5.41, 5.74) is 5.48. The minimum Gasteiger partial charge on any atom is -0.372 e. The first kappa shape index (κ1) is 6.38.